The average molecular weight is 341 g/mol. The molecule has 0 fully saturated rings. The summed E-state index contributed by atoms with van der Waals surface area (Å²) in [6.45, 7) is 0.263. The van der Waals surface area contributed by atoms with Gasteiger partial charge in [0.15, 0.2) is 0 Å². The number of pyridine rings is 1. The summed E-state index contributed by atoms with van der Waals surface area (Å²) in [5.41, 5.74) is 3.09. The number of nitro benzene ring substituents is 1. The Hall–Kier alpha value is -3.62. The molecule has 128 valence electrons. The van der Waals surface area contributed by atoms with E-state index in [0.29, 0.717) is 0 Å². The Balaban J connectivity index is 1.80. The van der Waals surface area contributed by atoms with Crippen LogP contribution in [0.4, 0.5) is 5.69 Å². The highest BCUT2D eigenvalue weighted by molar-refractivity contribution is 5.97. The van der Waals surface area contributed by atoms with Gasteiger partial charge in [-0.05, 0) is 17.7 Å². The van der Waals surface area contributed by atoms with Crippen LogP contribution in [0.15, 0.2) is 53.9 Å². The van der Waals surface area contributed by atoms with Gasteiger partial charge in [0.05, 0.1) is 16.7 Å². The second kappa shape index (κ2) is 8.87. The van der Waals surface area contributed by atoms with Crippen LogP contribution in [-0.2, 0) is 16.1 Å². The highest BCUT2D eigenvalue weighted by Crippen LogP contribution is 2.14. The predicted molar refractivity (Wildman–Crippen MR) is 89.5 cm³/mol. The third kappa shape index (κ3) is 5.82. The van der Waals surface area contributed by atoms with Crippen LogP contribution in [0.25, 0.3) is 0 Å². The molecule has 0 aliphatic carbocycles. The van der Waals surface area contributed by atoms with Gasteiger partial charge in [0.25, 0.3) is 5.69 Å². The van der Waals surface area contributed by atoms with Crippen molar-refractivity contribution in [3.05, 3.63) is 70.0 Å². The van der Waals surface area contributed by atoms with Crippen molar-refractivity contribution in [1.29, 1.82) is 0 Å². The van der Waals surface area contributed by atoms with Gasteiger partial charge in [0.1, 0.15) is 6.42 Å². The maximum absolute atomic E-state index is 11.7. The van der Waals surface area contributed by atoms with E-state index in [2.05, 4.69) is 20.8 Å². The van der Waals surface area contributed by atoms with E-state index < -0.39 is 23.2 Å². The molecular formula is C16H15N5O4. The van der Waals surface area contributed by atoms with E-state index >= 15 is 0 Å². The number of nitrogens with zero attached hydrogens (tertiary/aromatic N) is 3. The maximum atomic E-state index is 11.7. The monoisotopic (exact) mass is 341 g/mol. The highest BCUT2D eigenvalue weighted by atomic mass is 16.6. The van der Waals surface area contributed by atoms with Crippen molar-refractivity contribution in [1.82, 2.24) is 15.7 Å². The van der Waals surface area contributed by atoms with E-state index in [1.165, 1.54) is 18.2 Å². The van der Waals surface area contributed by atoms with Gasteiger partial charge in [-0.3, -0.25) is 24.7 Å². The van der Waals surface area contributed by atoms with E-state index in [9.17, 15) is 19.7 Å². The number of amides is 2. The number of hydrogen-bond acceptors (Lipinski definition) is 6. The van der Waals surface area contributed by atoms with Crippen LogP contribution in [-0.4, -0.2) is 27.9 Å². The van der Waals surface area contributed by atoms with Crippen LogP contribution in [0, 0.1) is 10.1 Å². The zero-order valence-electron chi connectivity index (χ0n) is 13.1. The number of hydrazone groups is 1. The van der Waals surface area contributed by atoms with Crippen molar-refractivity contribution in [3.63, 3.8) is 0 Å². The summed E-state index contributed by atoms with van der Waals surface area (Å²) in [5, 5.41) is 17.1. The van der Waals surface area contributed by atoms with E-state index in [1.807, 2.05) is 0 Å². The largest absolute Gasteiger partial charge is 0.352 e. The van der Waals surface area contributed by atoms with Crippen molar-refractivity contribution in [3.8, 4) is 0 Å². The Bertz CT molecular complexity index is 792. The summed E-state index contributed by atoms with van der Waals surface area (Å²) in [6.07, 6.45) is 3.98. The van der Waals surface area contributed by atoms with Gasteiger partial charge < -0.3 is 5.32 Å². The predicted octanol–water partition coefficient (Wildman–Crippen LogP) is 1.15. The molecule has 0 aliphatic rings. The van der Waals surface area contributed by atoms with Crippen LogP contribution < -0.4 is 10.7 Å². The smallest absolute Gasteiger partial charge is 0.278 e. The topological polar surface area (TPSA) is 127 Å². The van der Waals surface area contributed by atoms with Crippen LogP contribution in [0.1, 0.15) is 17.5 Å². The Morgan fingerprint density at radius 1 is 1.20 bits per heavy atom. The standard InChI is InChI=1S/C16H15N5O4/c22-15(18-10-12-4-3-7-17-9-12)8-16(23)20-19-11-13-5-1-2-6-14(13)21(24)25/h1-7,9,11H,8,10H2,(H,18,22)(H,20,23)/b19-11-. The fraction of sp³-hybridized carbons (Fsp3) is 0.125. The Morgan fingerprint density at radius 3 is 2.72 bits per heavy atom. The lowest BCUT2D eigenvalue weighted by molar-refractivity contribution is -0.385. The molecule has 0 aliphatic heterocycles. The second-order valence-corrected chi connectivity index (χ2v) is 4.92. The SMILES string of the molecule is O=C(CC(=O)N/N=C\c1ccccc1[N+](=O)[O-])NCc1cccnc1. The maximum Gasteiger partial charge on any atom is 0.278 e. The Morgan fingerprint density at radius 2 is 2.00 bits per heavy atom. The van der Waals surface area contributed by atoms with Crippen molar-refractivity contribution in [2.24, 2.45) is 5.10 Å². The lowest BCUT2D eigenvalue weighted by Crippen LogP contribution is -2.29. The molecule has 2 rings (SSSR count). The summed E-state index contributed by atoms with van der Waals surface area (Å²) >= 11 is 0. The van der Waals surface area contributed by atoms with Gasteiger partial charge >= 0.3 is 0 Å². The van der Waals surface area contributed by atoms with Gasteiger partial charge in [0, 0.05) is 25.0 Å². The van der Waals surface area contributed by atoms with Crippen molar-refractivity contribution >= 4 is 23.7 Å². The zero-order valence-corrected chi connectivity index (χ0v) is 13.1. The number of nitrogens with one attached hydrogen (secondary N) is 2. The molecule has 1 aromatic carbocycles. The molecule has 0 saturated heterocycles. The highest BCUT2D eigenvalue weighted by Gasteiger charge is 2.11. The first-order valence-corrected chi connectivity index (χ1v) is 7.27. The van der Waals surface area contributed by atoms with E-state index in [-0.39, 0.29) is 17.8 Å². The summed E-state index contributed by atoms with van der Waals surface area (Å²) < 4.78 is 0. The lowest BCUT2D eigenvalue weighted by atomic mass is 10.2. The molecule has 25 heavy (non-hydrogen) atoms. The molecule has 2 N–H and O–H groups in total. The summed E-state index contributed by atoms with van der Waals surface area (Å²) in [4.78, 5) is 37.5. The van der Waals surface area contributed by atoms with E-state index in [1.54, 1.807) is 30.6 Å². The molecule has 9 nitrogen and oxygen atoms in total. The Kier molecular flexibility index (Phi) is 6.29. The number of carbonyl (C=O) groups is 2. The minimum atomic E-state index is -0.626. The van der Waals surface area contributed by atoms with Gasteiger partial charge in [0.2, 0.25) is 11.8 Å². The summed E-state index contributed by atoms with van der Waals surface area (Å²) in [6, 6.07) is 9.50. The average Bonchev–Trinajstić information content (AvgIpc) is 2.61. The van der Waals surface area contributed by atoms with Crippen LogP contribution in [0.2, 0.25) is 0 Å². The summed E-state index contributed by atoms with van der Waals surface area (Å²) in [5.74, 6) is -1.10. The molecule has 2 aromatic rings. The first-order valence-electron chi connectivity index (χ1n) is 7.27. The quantitative estimate of drug-likeness (QED) is 0.338. The van der Waals surface area contributed by atoms with Crippen molar-refractivity contribution in [2.45, 2.75) is 13.0 Å². The number of hydrogen-bond donors (Lipinski definition) is 2. The van der Waals surface area contributed by atoms with Gasteiger partial charge in [-0.15, -0.1) is 0 Å². The molecular weight excluding hydrogens is 326 g/mol. The number of benzene rings is 1. The number of rotatable bonds is 7. The van der Waals surface area contributed by atoms with Gasteiger partial charge in [-0.2, -0.15) is 5.10 Å². The molecule has 1 heterocycles. The fourth-order valence-corrected chi connectivity index (χ4v) is 1.89. The van der Waals surface area contributed by atoms with E-state index in [4.69, 9.17) is 0 Å². The normalized spacial score (nSPS) is 10.4. The molecule has 0 bridgehead atoms. The molecule has 0 unspecified atom stereocenters. The molecule has 0 atom stereocenters. The number of para-hydroxylation sites is 1. The molecule has 1 aromatic heterocycles. The van der Waals surface area contributed by atoms with Crippen molar-refractivity contribution < 1.29 is 14.5 Å². The first kappa shape index (κ1) is 17.7. The molecule has 0 spiro atoms. The molecule has 2 amide bonds. The third-order valence-electron chi connectivity index (χ3n) is 3.06. The van der Waals surface area contributed by atoms with Crippen LogP contribution in [0.5, 0.6) is 0 Å². The minimum absolute atomic E-state index is 0.130. The van der Waals surface area contributed by atoms with Crippen LogP contribution >= 0.6 is 0 Å². The van der Waals surface area contributed by atoms with Gasteiger partial charge in [-0.1, -0.05) is 18.2 Å². The number of carbonyl (C=O) groups excluding carboxylic acids is 2. The third-order valence-corrected chi connectivity index (χ3v) is 3.06. The van der Waals surface area contributed by atoms with Crippen molar-refractivity contribution in [2.75, 3.05) is 0 Å². The fourth-order valence-electron chi connectivity index (χ4n) is 1.89. The summed E-state index contributed by atoms with van der Waals surface area (Å²) in [7, 11) is 0. The minimum Gasteiger partial charge on any atom is -0.352 e. The number of aromatic nitrogens is 1. The van der Waals surface area contributed by atoms with Crippen LogP contribution in [0.3, 0.4) is 0 Å². The Labute approximate surface area is 142 Å². The molecule has 0 radical (unpaired) electrons. The first-order chi connectivity index (χ1) is 12.1. The van der Waals surface area contributed by atoms with Gasteiger partial charge in [-0.25, -0.2) is 5.43 Å². The molecule has 0 saturated carbocycles. The second-order valence-electron chi connectivity index (χ2n) is 4.92. The lowest BCUT2D eigenvalue weighted by Gasteiger charge is -2.04. The number of nitro groups is 1. The zero-order chi connectivity index (χ0) is 18.1. The molecule has 9 heteroatoms. The van der Waals surface area contributed by atoms with E-state index in [0.717, 1.165) is 11.8 Å².